The van der Waals surface area contributed by atoms with Crippen LogP contribution < -0.4 is 5.73 Å². The first kappa shape index (κ1) is 55.2. The summed E-state index contributed by atoms with van der Waals surface area (Å²) >= 11 is 0. The molecule has 0 aliphatic carbocycles. The summed E-state index contributed by atoms with van der Waals surface area (Å²) in [7, 11) is -4.43. The molecule has 0 aliphatic heterocycles. The molecule has 1 unspecified atom stereocenters. The fourth-order valence-corrected chi connectivity index (χ4v) is 5.63. The van der Waals surface area contributed by atoms with Crippen LogP contribution in [0.25, 0.3) is 0 Å². The molecule has 0 aliphatic rings. The first-order valence-corrected chi connectivity index (χ1v) is 23.2. The Bertz CT molecular complexity index is 1420. The van der Waals surface area contributed by atoms with E-state index in [1.54, 1.807) is 12.2 Å². The number of allylic oxidation sites excluding steroid dienone is 20. The third-order valence-electron chi connectivity index (χ3n) is 8.06. The van der Waals surface area contributed by atoms with Crippen LogP contribution in [0.1, 0.15) is 129 Å². The molecule has 2 atom stereocenters. The van der Waals surface area contributed by atoms with E-state index in [-0.39, 0.29) is 32.6 Å². The third-order valence-corrected chi connectivity index (χ3v) is 9.04. The predicted octanol–water partition coefficient (Wildman–Crippen LogP) is 12.7. The lowest BCUT2D eigenvalue weighted by Crippen LogP contribution is -2.29. The molecule has 0 heterocycles. The number of carbonyl (C=O) groups is 2. The maximum absolute atomic E-state index is 12.5. The van der Waals surface area contributed by atoms with Gasteiger partial charge in [0.05, 0.1) is 26.1 Å². The molecule has 0 aromatic rings. The number of rotatable bonds is 38. The number of nitrogens with two attached hydrogens (primary N) is 1. The van der Waals surface area contributed by atoms with Gasteiger partial charge in [0.25, 0.3) is 0 Å². The fourth-order valence-electron chi connectivity index (χ4n) is 4.87. The van der Waals surface area contributed by atoms with Gasteiger partial charge in [-0.05, 0) is 77.0 Å². The molecular formula is C49H76NO8P. The zero-order chi connectivity index (χ0) is 43.2. The van der Waals surface area contributed by atoms with E-state index in [0.717, 1.165) is 51.4 Å². The number of hydrogen-bond acceptors (Lipinski definition) is 8. The Morgan fingerprint density at radius 3 is 1.34 bits per heavy atom. The van der Waals surface area contributed by atoms with Gasteiger partial charge in [-0.25, -0.2) is 4.57 Å². The van der Waals surface area contributed by atoms with Crippen LogP contribution in [0, 0.1) is 0 Å². The first-order valence-electron chi connectivity index (χ1n) is 21.7. The van der Waals surface area contributed by atoms with E-state index in [4.69, 9.17) is 24.3 Å². The van der Waals surface area contributed by atoms with Gasteiger partial charge >= 0.3 is 19.8 Å². The van der Waals surface area contributed by atoms with Crippen molar-refractivity contribution in [3.8, 4) is 0 Å². The summed E-state index contributed by atoms with van der Waals surface area (Å²) in [6.07, 6.45) is 61.1. The number of phosphoric acid groups is 1. The van der Waals surface area contributed by atoms with Crippen molar-refractivity contribution < 1.29 is 37.6 Å². The van der Waals surface area contributed by atoms with E-state index in [0.29, 0.717) is 12.8 Å². The van der Waals surface area contributed by atoms with Crippen molar-refractivity contribution in [2.75, 3.05) is 26.4 Å². The van der Waals surface area contributed by atoms with Crippen molar-refractivity contribution in [3.63, 3.8) is 0 Å². The lowest BCUT2D eigenvalue weighted by atomic mass is 10.1. The van der Waals surface area contributed by atoms with E-state index in [1.165, 1.54) is 38.5 Å². The number of phosphoric ester groups is 1. The number of ether oxygens (including phenoxy) is 2. The second kappa shape index (κ2) is 43.7. The Morgan fingerprint density at radius 2 is 0.915 bits per heavy atom. The van der Waals surface area contributed by atoms with Crippen LogP contribution in [0.15, 0.2) is 134 Å². The van der Waals surface area contributed by atoms with Crippen LogP contribution in [-0.2, 0) is 32.7 Å². The van der Waals surface area contributed by atoms with Crippen LogP contribution in [0.3, 0.4) is 0 Å². The Morgan fingerprint density at radius 1 is 0.508 bits per heavy atom. The molecule has 0 fully saturated rings. The van der Waals surface area contributed by atoms with Crippen LogP contribution in [-0.4, -0.2) is 49.3 Å². The summed E-state index contributed by atoms with van der Waals surface area (Å²) in [6, 6.07) is 0. The fraction of sp³-hybridized carbons (Fsp3) is 0.510. The molecule has 0 radical (unpaired) electrons. The Hall–Kier alpha value is -3.85. The van der Waals surface area contributed by atoms with E-state index >= 15 is 0 Å². The standard InChI is InChI=1S/C49H76NO8P/c1-3-5-7-9-11-13-15-17-19-21-23-25-27-29-31-33-35-37-39-41-48(51)55-45-47(46-57-59(53,54)56-44-43-50)58-49(52)42-40-38-36-34-32-30-28-26-24-22-20-18-16-14-12-10-8-6-4-2/h7,9,13-16,19-22,25-28,31-34,37-40,47H,3-6,8,10-12,17-18,23-24,29-30,35-36,41-46,50H2,1-2H3,(H,53,54)/t47-/m1/s1. The minimum Gasteiger partial charge on any atom is -0.461 e. The minimum absolute atomic E-state index is 0.0186. The highest BCUT2D eigenvalue weighted by Gasteiger charge is 2.25. The molecule has 0 bridgehead atoms. The first-order chi connectivity index (χ1) is 28.8. The third kappa shape index (κ3) is 43.6. The minimum atomic E-state index is -4.43. The molecule has 0 amide bonds. The quantitative estimate of drug-likeness (QED) is 0.0270. The predicted molar refractivity (Wildman–Crippen MR) is 247 cm³/mol. The molecule has 0 rings (SSSR count). The summed E-state index contributed by atoms with van der Waals surface area (Å²) < 4.78 is 32.5. The van der Waals surface area contributed by atoms with Crippen molar-refractivity contribution in [2.45, 2.75) is 136 Å². The topological polar surface area (TPSA) is 134 Å². The van der Waals surface area contributed by atoms with Crippen molar-refractivity contribution in [1.82, 2.24) is 0 Å². The molecule has 330 valence electrons. The smallest absolute Gasteiger partial charge is 0.461 e. The lowest BCUT2D eigenvalue weighted by molar-refractivity contribution is -0.160. The summed E-state index contributed by atoms with van der Waals surface area (Å²) in [5.74, 6) is -1.14. The van der Waals surface area contributed by atoms with Crippen LogP contribution in [0.2, 0.25) is 0 Å². The normalized spacial score (nSPS) is 14.6. The number of carbonyl (C=O) groups excluding carboxylic acids is 2. The average molecular weight is 838 g/mol. The van der Waals surface area contributed by atoms with Crippen molar-refractivity contribution >= 4 is 19.8 Å². The molecule has 9 nitrogen and oxygen atoms in total. The van der Waals surface area contributed by atoms with E-state index in [1.807, 2.05) is 24.3 Å². The molecular weight excluding hydrogens is 762 g/mol. The largest absolute Gasteiger partial charge is 0.472 e. The summed E-state index contributed by atoms with van der Waals surface area (Å²) in [5.41, 5.74) is 5.33. The Kier molecular flexibility index (Phi) is 40.9. The monoisotopic (exact) mass is 838 g/mol. The van der Waals surface area contributed by atoms with Gasteiger partial charge in [0.2, 0.25) is 0 Å². The summed E-state index contributed by atoms with van der Waals surface area (Å²) in [4.78, 5) is 34.7. The molecule has 0 saturated carbocycles. The highest BCUT2D eigenvalue weighted by Crippen LogP contribution is 2.43. The van der Waals surface area contributed by atoms with Crippen molar-refractivity contribution in [2.24, 2.45) is 5.73 Å². The number of esters is 2. The highest BCUT2D eigenvalue weighted by atomic mass is 31.2. The van der Waals surface area contributed by atoms with Crippen molar-refractivity contribution in [1.29, 1.82) is 0 Å². The molecule has 0 saturated heterocycles. The Balaban J connectivity index is 4.48. The average Bonchev–Trinajstić information content (AvgIpc) is 3.22. The molecule has 0 aromatic heterocycles. The Labute approximate surface area is 357 Å². The van der Waals surface area contributed by atoms with Crippen LogP contribution in [0.4, 0.5) is 0 Å². The van der Waals surface area contributed by atoms with E-state index in [9.17, 15) is 19.0 Å². The van der Waals surface area contributed by atoms with Crippen LogP contribution in [0.5, 0.6) is 0 Å². The number of unbranched alkanes of at least 4 members (excludes halogenated alkanes) is 5. The molecule has 0 spiro atoms. The summed E-state index contributed by atoms with van der Waals surface area (Å²) in [5, 5.41) is 0. The van der Waals surface area contributed by atoms with Gasteiger partial charge in [-0.3, -0.25) is 18.6 Å². The van der Waals surface area contributed by atoms with Gasteiger partial charge in [0, 0.05) is 6.54 Å². The molecule has 59 heavy (non-hydrogen) atoms. The van der Waals surface area contributed by atoms with Gasteiger partial charge in [0.15, 0.2) is 6.10 Å². The molecule has 3 N–H and O–H groups in total. The maximum atomic E-state index is 12.5. The maximum Gasteiger partial charge on any atom is 0.472 e. The second-order valence-corrected chi connectivity index (χ2v) is 15.0. The van der Waals surface area contributed by atoms with Gasteiger partial charge in [-0.2, -0.15) is 0 Å². The number of hydrogen-bond donors (Lipinski definition) is 2. The van der Waals surface area contributed by atoms with Gasteiger partial charge in [-0.1, -0.05) is 173 Å². The summed E-state index contributed by atoms with van der Waals surface area (Å²) in [6.45, 7) is 3.38. The van der Waals surface area contributed by atoms with E-state index in [2.05, 4.69) is 111 Å². The lowest BCUT2D eigenvalue weighted by Gasteiger charge is -2.19. The van der Waals surface area contributed by atoms with Crippen molar-refractivity contribution in [3.05, 3.63) is 134 Å². The zero-order valence-corrected chi connectivity index (χ0v) is 37.1. The second-order valence-electron chi connectivity index (χ2n) is 13.5. The van der Waals surface area contributed by atoms with E-state index < -0.39 is 32.5 Å². The molecule has 0 aromatic carbocycles. The van der Waals surface area contributed by atoms with Gasteiger partial charge in [0.1, 0.15) is 6.61 Å². The molecule has 10 heteroatoms. The van der Waals surface area contributed by atoms with Gasteiger partial charge < -0.3 is 20.1 Å². The highest BCUT2D eigenvalue weighted by molar-refractivity contribution is 7.47. The zero-order valence-electron chi connectivity index (χ0n) is 36.2. The SMILES string of the molecule is CCCC=CCC=CCC=CCC=CCC=CCC=CCC(=O)OC[C@H](COP(=O)(O)OCCN)OC(=O)CC=CCC=CCC=CCC=CCC=CCCCCCC. The van der Waals surface area contributed by atoms with Crippen LogP contribution >= 0.6 is 7.82 Å². The van der Waals surface area contributed by atoms with Gasteiger partial charge in [-0.15, -0.1) is 0 Å².